The number of ether oxygens (including phenoxy) is 4. The second-order valence-corrected chi connectivity index (χ2v) is 10.2. The van der Waals surface area contributed by atoms with Crippen molar-refractivity contribution >= 4 is 12.0 Å². The molecule has 1 unspecified atom stereocenters. The van der Waals surface area contributed by atoms with Gasteiger partial charge in [0.2, 0.25) is 0 Å². The van der Waals surface area contributed by atoms with Gasteiger partial charge in [0.05, 0.1) is 30.8 Å². The molecule has 1 aromatic carbocycles. The maximum atomic E-state index is 12.5. The minimum atomic E-state index is -0.826. The molecule has 0 aromatic heterocycles. The maximum Gasteiger partial charge on any atom is 0.331 e. The van der Waals surface area contributed by atoms with Crippen molar-refractivity contribution < 1.29 is 28.8 Å². The number of epoxide rings is 2. The molecule has 0 amide bonds. The number of carbonyl (C=O) groups is 1. The Morgan fingerprint density at radius 3 is 2.58 bits per heavy atom. The van der Waals surface area contributed by atoms with E-state index in [0.29, 0.717) is 13.0 Å². The largest absolute Gasteiger partial charge is 0.491 e. The van der Waals surface area contributed by atoms with Crippen molar-refractivity contribution in [3.8, 4) is 5.75 Å². The van der Waals surface area contributed by atoms with Crippen LogP contribution >= 0.6 is 0 Å². The van der Waals surface area contributed by atoms with Crippen LogP contribution in [-0.2, 0) is 19.0 Å². The number of allylic oxidation sites excluding steroid dienone is 1. The van der Waals surface area contributed by atoms with Crippen molar-refractivity contribution in [2.24, 2.45) is 5.92 Å². The summed E-state index contributed by atoms with van der Waals surface area (Å²) in [5.74, 6) is 0.108. The number of hydrogen-bond donors (Lipinski definition) is 1. The number of rotatable bonds is 8. The highest BCUT2D eigenvalue weighted by atomic mass is 16.6. The van der Waals surface area contributed by atoms with Crippen LogP contribution in [0.4, 0.5) is 0 Å². The van der Waals surface area contributed by atoms with Crippen molar-refractivity contribution in [2.45, 2.75) is 89.5 Å². The quantitative estimate of drug-likeness (QED) is 0.269. The Kier molecular flexibility index (Phi) is 6.72. The van der Waals surface area contributed by atoms with E-state index in [4.69, 9.17) is 18.9 Å². The Hall–Kier alpha value is -2.15. The van der Waals surface area contributed by atoms with E-state index in [0.717, 1.165) is 24.2 Å². The Balaban J connectivity index is 1.37. The summed E-state index contributed by atoms with van der Waals surface area (Å²) in [6.45, 7) is 10.8. The minimum absolute atomic E-state index is 0.0464. The Bertz CT molecular complexity index is 909. The van der Waals surface area contributed by atoms with Gasteiger partial charge in [0, 0.05) is 6.08 Å². The topological polar surface area (TPSA) is 80.8 Å². The zero-order valence-electron chi connectivity index (χ0n) is 20.2. The van der Waals surface area contributed by atoms with Gasteiger partial charge in [-0.05, 0) is 77.7 Å². The molecule has 6 atom stereocenters. The van der Waals surface area contributed by atoms with Gasteiger partial charge in [-0.2, -0.15) is 0 Å². The molecular weight excluding hydrogens is 420 g/mol. The molecule has 3 aliphatic rings. The van der Waals surface area contributed by atoms with E-state index in [2.05, 4.69) is 19.9 Å². The van der Waals surface area contributed by atoms with Crippen LogP contribution in [0.3, 0.4) is 0 Å². The molecule has 1 aromatic rings. The van der Waals surface area contributed by atoms with Crippen LogP contribution < -0.4 is 4.74 Å². The van der Waals surface area contributed by atoms with Crippen molar-refractivity contribution in [3.05, 3.63) is 47.6 Å². The van der Waals surface area contributed by atoms with Gasteiger partial charge in [-0.25, -0.2) is 4.79 Å². The Morgan fingerprint density at radius 1 is 1.27 bits per heavy atom. The van der Waals surface area contributed by atoms with E-state index in [-0.39, 0.29) is 23.7 Å². The molecule has 1 N–H and O–H groups in total. The van der Waals surface area contributed by atoms with E-state index in [1.165, 1.54) is 11.6 Å². The highest BCUT2D eigenvalue weighted by Gasteiger charge is 2.71. The molecule has 2 heterocycles. The summed E-state index contributed by atoms with van der Waals surface area (Å²) in [5, 5.41) is 11.2. The first kappa shape index (κ1) is 24.0. The third-order valence-electron chi connectivity index (χ3n) is 6.92. The van der Waals surface area contributed by atoms with Crippen LogP contribution in [0, 0.1) is 5.92 Å². The summed E-state index contributed by atoms with van der Waals surface area (Å²) in [7, 11) is 0. The second kappa shape index (κ2) is 9.24. The van der Waals surface area contributed by atoms with Crippen molar-refractivity contribution in [3.63, 3.8) is 0 Å². The van der Waals surface area contributed by atoms with Crippen LogP contribution in [0.15, 0.2) is 42.0 Å². The average Bonchev–Trinajstić information content (AvgIpc) is 3.66. The SMILES string of the molecule is CC(C)=CC[C@@H]1O[C@@]1(C)C1[C@H](O)[C@H](OC(=O)/C=C/c2ccc(OC(C)C)cc2)CC[C@]12CO2. The summed E-state index contributed by atoms with van der Waals surface area (Å²) in [6.07, 6.45) is 6.17. The summed E-state index contributed by atoms with van der Waals surface area (Å²) < 4.78 is 23.2. The van der Waals surface area contributed by atoms with E-state index < -0.39 is 23.8 Å². The molecule has 1 aliphatic carbocycles. The van der Waals surface area contributed by atoms with Gasteiger partial charge >= 0.3 is 5.97 Å². The van der Waals surface area contributed by atoms with E-state index in [1.807, 2.05) is 45.0 Å². The van der Waals surface area contributed by atoms with Gasteiger partial charge < -0.3 is 24.1 Å². The summed E-state index contributed by atoms with van der Waals surface area (Å²) in [6, 6.07) is 7.52. The van der Waals surface area contributed by atoms with Crippen LogP contribution in [0.25, 0.3) is 6.08 Å². The number of benzene rings is 1. The minimum Gasteiger partial charge on any atom is -0.491 e. The predicted octanol–water partition coefficient (Wildman–Crippen LogP) is 4.45. The fourth-order valence-electron chi connectivity index (χ4n) is 5.10. The van der Waals surface area contributed by atoms with Crippen LogP contribution in [0.1, 0.15) is 59.4 Å². The zero-order valence-corrected chi connectivity index (χ0v) is 20.2. The first-order valence-corrected chi connectivity index (χ1v) is 11.9. The van der Waals surface area contributed by atoms with E-state index in [1.54, 1.807) is 6.08 Å². The lowest BCUT2D eigenvalue weighted by Gasteiger charge is -2.40. The Morgan fingerprint density at radius 2 is 1.97 bits per heavy atom. The first-order chi connectivity index (χ1) is 15.6. The van der Waals surface area contributed by atoms with Gasteiger partial charge in [0.25, 0.3) is 0 Å². The lowest BCUT2D eigenvalue weighted by atomic mass is 9.68. The standard InChI is InChI=1S/C27H36O6/c1-17(2)6-12-22-26(5,33-22)25-24(29)21(14-15-27(25)16-30-27)32-23(28)13-9-19-7-10-20(11-8-19)31-18(3)4/h6-11,13,18,21-22,24-25,29H,12,14-16H2,1-5H3/b13-9+/t21-,22+,24-,25?,26-,27+/m1/s1. The third-order valence-corrected chi connectivity index (χ3v) is 6.92. The van der Waals surface area contributed by atoms with Crippen LogP contribution in [0.5, 0.6) is 5.75 Å². The lowest BCUT2D eigenvalue weighted by Crippen LogP contribution is -2.54. The number of carbonyl (C=O) groups excluding carboxylic acids is 1. The molecule has 3 fully saturated rings. The average molecular weight is 457 g/mol. The lowest BCUT2D eigenvalue weighted by molar-refractivity contribution is -0.162. The number of aliphatic hydroxyl groups is 1. The molecule has 2 saturated heterocycles. The molecule has 0 bridgehead atoms. The van der Waals surface area contributed by atoms with Crippen molar-refractivity contribution in [1.82, 2.24) is 0 Å². The predicted molar refractivity (Wildman–Crippen MR) is 126 cm³/mol. The molecule has 6 heteroatoms. The van der Waals surface area contributed by atoms with Gasteiger partial charge in [-0.15, -0.1) is 0 Å². The number of hydrogen-bond acceptors (Lipinski definition) is 6. The summed E-state index contributed by atoms with van der Waals surface area (Å²) in [5.41, 5.74) is 1.29. The maximum absolute atomic E-state index is 12.5. The highest BCUT2D eigenvalue weighted by molar-refractivity contribution is 5.87. The molecule has 6 nitrogen and oxygen atoms in total. The molecule has 2 aliphatic heterocycles. The van der Waals surface area contributed by atoms with Gasteiger partial charge in [-0.1, -0.05) is 23.8 Å². The van der Waals surface area contributed by atoms with Gasteiger partial charge in [0.15, 0.2) is 0 Å². The smallest absolute Gasteiger partial charge is 0.331 e. The van der Waals surface area contributed by atoms with Crippen molar-refractivity contribution in [2.75, 3.05) is 6.61 Å². The van der Waals surface area contributed by atoms with E-state index >= 15 is 0 Å². The molecule has 0 radical (unpaired) electrons. The van der Waals surface area contributed by atoms with Gasteiger partial charge in [0.1, 0.15) is 23.1 Å². The van der Waals surface area contributed by atoms with Crippen LogP contribution in [0.2, 0.25) is 0 Å². The first-order valence-electron chi connectivity index (χ1n) is 11.9. The fraction of sp³-hybridized carbons (Fsp3) is 0.593. The molecule has 1 spiro atoms. The summed E-state index contributed by atoms with van der Waals surface area (Å²) in [4.78, 5) is 12.5. The van der Waals surface area contributed by atoms with Crippen LogP contribution in [-0.4, -0.2) is 53.3 Å². The monoisotopic (exact) mass is 456 g/mol. The van der Waals surface area contributed by atoms with Gasteiger partial charge in [-0.3, -0.25) is 0 Å². The molecule has 33 heavy (non-hydrogen) atoms. The summed E-state index contributed by atoms with van der Waals surface area (Å²) >= 11 is 0. The molecule has 4 rings (SSSR count). The highest BCUT2D eigenvalue weighted by Crippen LogP contribution is 2.59. The Labute approximate surface area is 196 Å². The zero-order chi connectivity index (χ0) is 23.8. The third kappa shape index (κ3) is 5.34. The number of esters is 1. The fourth-order valence-corrected chi connectivity index (χ4v) is 5.10. The van der Waals surface area contributed by atoms with E-state index in [9.17, 15) is 9.90 Å². The van der Waals surface area contributed by atoms with Crippen molar-refractivity contribution in [1.29, 1.82) is 0 Å². The normalized spacial score (nSPS) is 35.0. The molecular formula is C27H36O6. The number of aliphatic hydroxyl groups excluding tert-OH is 1. The molecule has 180 valence electrons. The molecule has 1 saturated carbocycles. The second-order valence-electron chi connectivity index (χ2n) is 10.2.